The van der Waals surface area contributed by atoms with E-state index in [-0.39, 0.29) is 0 Å². The molecule has 4 heteroatoms. The van der Waals surface area contributed by atoms with Gasteiger partial charge in [-0.3, -0.25) is 0 Å². The van der Waals surface area contributed by atoms with E-state index >= 15 is 0 Å². The number of rotatable bonds is 64. The van der Waals surface area contributed by atoms with E-state index < -0.39 is 0 Å². The summed E-state index contributed by atoms with van der Waals surface area (Å²) >= 11 is 0. The van der Waals surface area contributed by atoms with Crippen molar-refractivity contribution in [3.05, 3.63) is 82.9 Å². The van der Waals surface area contributed by atoms with Gasteiger partial charge in [0.1, 0.15) is 23.0 Å². The van der Waals surface area contributed by atoms with Gasteiger partial charge in [-0.15, -0.1) is 0 Å². The lowest BCUT2D eigenvalue weighted by Crippen LogP contribution is -2.14. The topological polar surface area (TPSA) is 36.9 Å². The standard InChI is InChI=1S/C86H146O4/c1-9-17-25-33-37-45-53-77(49-41-29-21-13-5)71-87-83-67-65-81(85(69-83)89-73-79(51-43-31-23-15-7)55-47-39-35-27-19-11-3)63-61-75-57-59-76(60-58-75)62-64-82-66-68-84(88-72-78(50-42-30-22-14-6)54-46-38-34-26-18-10-2)70-86(82)90-74-80(52-44-32-24-16-8)56-48-40-36-28-20-12-4/h57-70,77-80H,9-56,71-74H2,1-8H3/b63-61+,64-62+. The Bertz CT molecular complexity index is 1950. The molecular formula is C86H146O4. The summed E-state index contributed by atoms with van der Waals surface area (Å²) in [4.78, 5) is 0. The van der Waals surface area contributed by atoms with E-state index in [4.69, 9.17) is 18.9 Å². The molecule has 3 rings (SSSR count). The third kappa shape index (κ3) is 41.8. The predicted octanol–water partition coefficient (Wildman–Crippen LogP) is 28.9. The molecule has 0 spiro atoms. The van der Waals surface area contributed by atoms with Crippen LogP contribution in [0, 0.1) is 23.7 Å². The zero-order valence-electron chi connectivity index (χ0n) is 60.8. The highest BCUT2D eigenvalue weighted by atomic mass is 16.5. The molecular weight excluding hydrogens is 1100 g/mol. The number of ether oxygens (including phenoxy) is 4. The Morgan fingerprint density at radius 1 is 0.233 bits per heavy atom. The van der Waals surface area contributed by atoms with Crippen molar-refractivity contribution >= 4 is 24.3 Å². The van der Waals surface area contributed by atoms with Gasteiger partial charge in [-0.25, -0.2) is 0 Å². The average Bonchev–Trinajstić information content (AvgIpc) is 2.42. The van der Waals surface area contributed by atoms with Crippen molar-refractivity contribution < 1.29 is 18.9 Å². The van der Waals surface area contributed by atoms with E-state index in [0.717, 1.165) is 60.6 Å². The maximum absolute atomic E-state index is 7.01. The Kier molecular flexibility index (Phi) is 51.9. The van der Waals surface area contributed by atoms with Crippen molar-refractivity contribution in [2.75, 3.05) is 26.4 Å². The van der Waals surface area contributed by atoms with Crippen molar-refractivity contribution in [3.8, 4) is 23.0 Å². The summed E-state index contributed by atoms with van der Waals surface area (Å²) in [6, 6.07) is 22.4. The number of benzene rings is 3. The van der Waals surface area contributed by atoms with Gasteiger partial charge in [0, 0.05) is 23.3 Å². The summed E-state index contributed by atoms with van der Waals surface area (Å²) in [6.07, 6.45) is 72.3. The van der Waals surface area contributed by atoms with Gasteiger partial charge >= 0.3 is 0 Å². The van der Waals surface area contributed by atoms with E-state index in [1.165, 1.54) is 319 Å². The Hall–Kier alpha value is -3.66. The van der Waals surface area contributed by atoms with Crippen molar-refractivity contribution in [1.82, 2.24) is 0 Å². The molecule has 0 amide bonds. The third-order valence-corrected chi connectivity index (χ3v) is 19.5. The highest BCUT2D eigenvalue weighted by molar-refractivity contribution is 5.76. The fourth-order valence-electron chi connectivity index (χ4n) is 13.2. The number of hydrogen-bond donors (Lipinski definition) is 0. The Balaban J connectivity index is 1.92. The van der Waals surface area contributed by atoms with Crippen LogP contribution >= 0.6 is 0 Å². The highest BCUT2D eigenvalue weighted by Gasteiger charge is 2.17. The predicted molar refractivity (Wildman–Crippen MR) is 400 cm³/mol. The molecule has 514 valence electrons. The molecule has 90 heavy (non-hydrogen) atoms. The number of hydrogen-bond acceptors (Lipinski definition) is 4. The fraction of sp³-hybridized carbons (Fsp3) is 0.744. The Morgan fingerprint density at radius 2 is 0.444 bits per heavy atom. The minimum absolute atomic E-state index is 0.572. The molecule has 0 aliphatic rings. The van der Waals surface area contributed by atoms with Gasteiger partial charge in [-0.05, 0) is 110 Å². The van der Waals surface area contributed by atoms with E-state index in [1.54, 1.807) is 0 Å². The van der Waals surface area contributed by atoms with Crippen LogP contribution in [0.15, 0.2) is 60.7 Å². The molecule has 3 aromatic carbocycles. The molecule has 0 saturated carbocycles. The normalized spacial score (nSPS) is 13.2. The monoisotopic (exact) mass is 1240 g/mol. The smallest absolute Gasteiger partial charge is 0.130 e. The molecule has 0 saturated heterocycles. The van der Waals surface area contributed by atoms with Crippen molar-refractivity contribution in [2.45, 2.75) is 364 Å². The van der Waals surface area contributed by atoms with Crippen LogP contribution in [-0.2, 0) is 0 Å². The SMILES string of the molecule is CCCCCCCCC(CCCCCC)COc1ccc(/C=C/c2ccc(/C=C/c3ccc(OCC(CCCCCC)CCCCCCCC)cc3OCC(CCCCCC)CCCCCCCC)cc2)c(OCC(CCCCCC)CCCCCCCC)c1. The van der Waals surface area contributed by atoms with Gasteiger partial charge in [-0.2, -0.15) is 0 Å². The summed E-state index contributed by atoms with van der Waals surface area (Å²) in [7, 11) is 0. The molecule has 4 nitrogen and oxygen atoms in total. The molecule has 4 unspecified atom stereocenters. The first-order valence-corrected chi connectivity index (χ1v) is 39.6. The van der Waals surface area contributed by atoms with Gasteiger partial charge in [0.2, 0.25) is 0 Å². The molecule has 0 aromatic heterocycles. The minimum Gasteiger partial charge on any atom is -0.493 e. The second kappa shape index (κ2) is 58.0. The van der Waals surface area contributed by atoms with Gasteiger partial charge in [0.15, 0.2) is 0 Å². The highest BCUT2D eigenvalue weighted by Crippen LogP contribution is 2.33. The lowest BCUT2D eigenvalue weighted by atomic mass is 9.95. The van der Waals surface area contributed by atoms with Crippen LogP contribution in [0.5, 0.6) is 23.0 Å². The molecule has 0 aliphatic carbocycles. The molecule has 3 aromatic rings. The lowest BCUT2D eigenvalue weighted by molar-refractivity contribution is 0.214. The van der Waals surface area contributed by atoms with E-state index in [2.05, 4.69) is 140 Å². The zero-order valence-corrected chi connectivity index (χ0v) is 60.8. The van der Waals surface area contributed by atoms with Crippen molar-refractivity contribution in [3.63, 3.8) is 0 Å². The summed E-state index contributed by atoms with van der Waals surface area (Å²) in [5, 5.41) is 0. The van der Waals surface area contributed by atoms with Gasteiger partial charge in [-0.1, -0.05) is 361 Å². The minimum atomic E-state index is 0.572. The van der Waals surface area contributed by atoms with Gasteiger partial charge in [0.05, 0.1) is 26.4 Å². The first kappa shape index (κ1) is 80.6. The first-order valence-electron chi connectivity index (χ1n) is 39.6. The largest absolute Gasteiger partial charge is 0.493 e. The van der Waals surface area contributed by atoms with Crippen LogP contribution in [-0.4, -0.2) is 26.4 Å². The first-order chi connectivity index (χ1) is 44.4. The van der Waals surface area contributed by atoms with Crippen molar-refractivity contribution in [2.24, 2.45) is 23.7 Å². The Morgan fingerprint density at radius 3 is 0.689 bits per heavy atom. The van der Waals surface area contributed by atoms with Crippen LogP contribution in [0.4, 0.5) is 0 Å². The fourth-order valence-corrected chi connectivity index (χ4v) is 13.2. The molecule has 0 fully saturated rings. The molecule has 0 radical (unpaired) electrons. The molecule has 0 N–H and O–H groups in total. The van der Waals surface area contributed by atoms with E-state index in [9.17, 15) is 0 Å². The summed E-state index contributed by atoms with van der Waals surface area (Å²) in [6.45, 7) is 21.7. The summed E-state index contributed by atoms with van der Waals surface area (Å²) in [5.74, 6) is 6.15. The van der Waals surface area contributed by atoms with Crippen LogP contribution in [0.25, 0.3) is 24.3 Å². The van der Waals surface area contributed by atoms with Crippen LogP contribution in [0.3, 0.4) is 0 Å². The summed E-state index contributed by atoms with van der Waals surface area (Å²) < 4.78 is 27.6. The average molecular weight is 1240 g/mol. The maximum Gasteiger partial charge on any atom is 0.130 e. The molecule has 0 bridgehead atoms. The number of unbranched alkanes of at least 4 members (excludes halogenated alkanes) is 32. The van der Waals surface area contributed by atoms with Crippen LogP contribution < -0.4 is 18.9 Å². The van der Waals surface area contributed by atoms with Gasteiger partial charge in [0.25, 0.3) is 0 Å². The lowest BCUT2D eigenvalue weighted by Gasteiger charge is -2.21. The van der Waals surface area contributed by atoms with Crippen LogP contribution in [0.1, 0.15) is 386 Å². The molecule has 4 atom stereocenters. The molecule has 0 heterocycles. The summed E-state index contributed by atoms with van der Waals surface area (Å²) in [5.41, 5.74) is 4.59. The third-order valence-electron chi connectivity index (χ3n) is 19.5. The second-order valence-electron chi connectivity index (χ2n) is 28.1. The van der Waals surface area contributed by atoms with Gasteiger partial charge < -0.3 is 18.9 Å². The zero-order chi connectivity index (χ0) is 64.4. The van der Waals surface area contributed by atoms with Crippen molar-refractivity contribution in [1.29, 1.82) is 0 Å². The van der Waals surface area contributed by atoms with E-state index in [1.807, 2.05) is 0 Å². The Labute approximate surface area is 559 Å². The quantitative estimate of drug-likeness (QED) is 0.0417. The maximum atomic E-state index is 7.01. The molecule has 0 aliphatic heterocycles. The second-order valence-corrected chi connectivity index (χ2v) is 28.1. The van der Waals surface area contributed by atoms with E-state index in [0.29, 0.717) is 23.7 Å². The van der Waals surface area contributed by atoms with Crippen LogP contribution in [0.2, 0.25) is 0 Å².